The molecule has 1 amide bonds. The molecule has 0 unspecified atom stereocenters. The van der Waals surface area contributed by atoms with Crippen molar-refractivity contribution < 1.29 is 14.3 Å². The second-order valence-corrected chi connectivity index (χ2v) is 4.68. The lowest BCUT2D eigenvalue weighted by Crippen LogP contribution is -2.44. The minimum absolute atomic E-state index is 0.0518. The Morgan fingerprint density at radius 3 is 2.71 bits per heavy atom. The smallest absolute Gasteiger partial charge is 0.310 e. The van der Waals surface area contributed by atoms with E-state index in [9.17, 15) is 9.59 Å². The lowest BCUT2D eigenvalue weighted by molar-refractivity contribution is -0.151. The number of rotatable bonds is 4. The van der Waals surface area contributed by atoms with Crippen molar-refractivity contribution in [1.29, 1.82) is 0 Å². The summed E-state index contributed by atoms with van der Waals surface area (Å²) in [6.45, 7) is 7.48. The lowest BCUT2D eigenvalue weighted by Gasteiger charge is -2.33. The van der Waals surface area contributed by atoms with Crippen molar-refractivity contribution in [1.82, 2.24) is 4.90 Å². The normalized spacial score (nSPS) is 22.1. The highest BCUT2D eigenvalue weighted by Gasteiger charge is 2.30. The molecule has 1 fully saturated rings. The van der Waals surface area contributed by atoms with Crippen LogP contribution in [0.1, 0.15) is 40.0 Å². The van der Waals surface area contributed by atoms with Crippen LogP contribution in [0.25, 0.3) is 0 Å². The fraction of sp³-hybridized carbons (Fsp3) is 0.846. The van der Waals surface area contributed by atoms with Gasteiger partial charge < -0.3 is 9.64 Å². The van der Waals surface area contributed by atoms with E-state index in [4.69, 9.17) is 4.74 Å². The first kappa shape index (κ1) is 14.0. The molecule has 4 heteroatoms. The van der Waals surface area contributed by atoms with E-state index in [-0.39, 0.29) is 23.7 Å². The first-order valence-electron chi connectivity index (χ1n) is 6.55. The second kappa shape index (κ2) is 6.62. The highest BCUT2D eigenvalue weighted by atomic mass is 16.5. The third-order valence-electron chi connectivity index (χ3n) is 3.39. The SMILES string of the molecule is CCOC(=O)[C@H]1CCCN(C(=O)[C@H](C)CC)C1. The topological polar surface area (TPSA) is 46.6 Å². The number of ether oxygens (including phenoxy) is 1. The van der Waals surface area contributed by atoms with Gasteiger partial charge in [-0.1, -0.05) is 13.8 Å². The quantitative estimate of drug-likeness (QED) is 0.705. The van der Waals surface area contributed by atoms with Gasteiger partial charge in [0.1, 0.15) is 0 Å². The Hall–Kier alpha value is -1.06. The Labute approximate surface area is 103 Å². The van der Waals surface area contributed by atoms with E-state index >= 15 is 0 Å². The van der Waals surface area contributed by atoms with Crippen LogP contribution in [0.3, 0.4) is 0 Å². The average Bonchev–Trinajstić information content (AvgIpc) is 2.37. The van der Waals surface area contributed by atoms with Crippen LogP contribution in [-0.4, -0.2) is 36.5 Å². The van der Waals surface area contributed by atoms with Gasteiger partial charge in [-0.05, 0) is 26.2 Å². The molecule has 1 heterocycles. The monoisotopic (exact) mass is 241 g/mol. The second-order valence-electron chi connectivity index (χ2n) is 4.68. The predicted octanol–water partition coefficient (Wildman–Crippen LogP) is 1.83. The minimum atomic E-state index is -0.158. The van der Waals surface area contributed by atoms with E-state index in [0.29, 0.717) is 13.2 Å². The molecule has 4 nitrogen and oxygen atoms in total. The van der Waals surface area contributed by atoms with E-state index in [2.05, 4.69) is 0 Å². The van der Waals surface area contributed by atoms with Gasteiger partial charge in [0, 0.05) is 19.0 Å². The molecule has 0 aliphatic carbocycles. The van der Waals surface area contributed by atoms with Gasteiger partial charge in [0.05, 0.1) is 12.5 Å². The molecule has 1 saturated heterocycles. The van der Waals surface area contributed by atoms with Gasteiger partial charge in [-0.3, -0.25) is 9.59 Å². The van der Waals surface area contributed by atoms with Crippen molar-refractivity contribution in [3.05, 3.63) is 0 Å². The Morgan fingerprint density at radius 1 is 1.41 bits per heavy atom. The van der Waals surface area contributed by atoms with Crippen LogP contribution in [0.4, 0.5) is 0 Å². The van der Waals surface area contributed by atoms with Crippen LogP contribution < -0.4 is 0 Å². The van der Waals surface area contributed by atoms with Crippen molar-refractivity contribution in [2.75, 3.05) is 19.7 Å². The molecule has 0 aromatic carbocycles. The van der Waals surface area contributed by atoms with Crippen LogP contribution in [0.2, 0.25) is 0 Å². The van der Waals surface area contributed by atoms with Crippen LogP contribution in [0.5, 0.6) is 0 Å². The third-order valence-corrected chi connectivity index (χ3v) is 3.39. The van der Waals surface area contributed by atoms with E-state index in [1.54, 1.807) is 0 Å². The Morgan fingerprint density at radius 2 is 2.12 bits per heavy atom. The molecule has 0 aromatic heterocycles. The molecular weight excluding hydrogens is 218 g/mol. The molecule has 0 spiro atoms. The highest BCUT2D eigenvalue weighted by molar-refractivity contribution is 5.80. The number of hydrogen-bond donors (Lipinski definition) is 0. The summed E-state index contributed by atoms with van der Waals surface area (Å²) in [5.74, 6) is -0.0664. The maximum atomic E-state index is 12.0. The number of hydrogen-bond acceptors (Lipinski definition) is 3. The number of piperidine rings is 1. The number of carbonyl (C=O) groups excluding carboxylic acids is 2. The van der Waals surface area contributed by atoms with Crippen molar-refractivity contribution in [2.24, 2.45) is 11.8 Å². The van der Waals surface area contributed by atoms with E-state index in [1.165, 1.54) is 0 Å². The maximum Gasteiger partial charge on any atom is 0.310 e. The van der Waals surface area contributed by atoms with Crippen molar-refractivity contribution in [3.63, 3.8) is 0 Å². The van der Waals surface area contributed by atoms with Gasteiger partial charge in [0.25, 0.3) is 0 Å². The lowest BCUT2D eigenvalue weighted by atomic mass is 9.96. The van der Waals surface area contributed by atoms with Crippen LogP contribution >= 0.6 is 0 Å². The number of esters is 1. The van der Waals surface area contributed by atoms with Crippen molar-refractivity contribution in [2.45, 2.75) is 40.0 Å². The van der Waals surface area contributed by atoms with Crippen molar-refractivity contribution >= 4 is 11.9 Å². The summed E-state index contributed by atoms with van der Waals surface area (Å²) in [7, 11) is 0. The number of nitrogens with zero attached hydrogens (tertiary/aromatic N) is 1. The molecule has 0 N–H and O–H groups in total. The maximum absolute atomic E-state index is 12.0. The van der Waals surface area contributed by atoms with Gasteiger partial charge in [0.2, 0.25) is 5.91 Å². The fourth-order valence-corrected chi connectivity index (χ4v) is 2.12. The molecule has 0 radical (unpaired) electrons. The Balaban J connectivity index is 2.54. The zero-order valence-corrected chi connectivity index (χ0v) is 11.1. The van der Waals surface area contributed by atoms with E-state index < -0.39 is 0 Å². The van der Waals surface area contributed by atoms with Crippen LogP contribution in [0.15, 0.2) is 0 Å². The molecule has 0 aromatic rings. The van der Waals surface area contributed by atoms with Gasteiger partial charge in [-0.25, -0.2) is 0 Å². The minimum Gasteiger partial charge on any atom is -0.466 e. The van der Waals surface area contributed by atoms with Gasteiger partial charge in [-0.2, -0.15) is 0 Å². The number of likely N-dealkylation sites (tertiary alicyclic amines) is 1. The van der Waals surface area contributed by atoms with E-state index in [1.807, 2.05) is 25.7 Å². The molecule has 17 heavy (non-hydrogen) atoms. The van der Waals surface area contributed by atoms with E-state index in [0.717, 1.165) is 25.8 Å². The van der Waals surface area contributed by atoms with Gasteiger partial charge in [-0.15, -0.1) is 0 Å². The zero-order valence-electron chi connectivity index (χ0n) is 11.1. The summed E-state index contributed by atoms with van der Waals surface area (Å²) in [5.41, 5.74) is 0. The van der Waals surface area contributed by atoms with Crippen molar-refractivity contribution in [3.8, 4) is 0 Å². The van der Waals surface area contributed by atoms with Gasteiger partial charge >= 0.3 is 5.97 Å². The molecule has 2 atom stereocenters. The number of carbonyl (C=O) groups is 2. The number of amides is 1. The molecule has 98 valence electrons. The standard InChI is InChI=1S/C13H23NO3/c1-4-10(3)12(15)14-8-6-7-11(9-14)13(16)17-5-2/h10-11H,4-9H2,1-3H3/t10-,11+/m1/s1. The zero-order chi connectivity index (χ0) is 12.8. The molecular formula is C13H23NO3. The summed E-state index contributed by atoms with van der Waals surface area (Å²) in [4.78, 5) is 25.5. The van der Waals surface area contributed by atoms with Crippen LogP contribution in [-0.2, 0) is 14.3 Å². The predicted molar refractivity (Wildman–Crippen MR) is 65.4 cm³/mol. The van der Waals surface area contributed by atoms with Crippen LogP contribution in [0, 0.1) is 11.8 Å². The first-order valence-corrected chi connectivity index (χ1v) is 6.55. The molecule has 1 aliphatic heterocycles. The summed E-state index contributed by atoms with van der Waals surface area (Å²) in [6, 6.07) is 0. The summed E-state index contributed by atoms with van der Waals surface area (Å²) in [5, 5.41) is 0. The Bertz CT molecular complexity index is 278. The summed E-state index contributed by atoms with van der Waals surface area (Å²) >= 11 is 0. The largest absolute Gasteiger partial charge is 0.466 e. The molecule has 1 aliphatic rings. The summed E-state index contributed by atoms with van der Waals surface area (Å²) in [6.07, 6.45) is 2.58. The third kappa shape index (κ3) is 3.72. The Kier molecular flexibility index (Phi) is 5.45. The highest BCUT2D eigenvalue weighted by Crippen LogP contribution is 2.20. The summed E-state index contributed by atoms with van der Waals surface area (Å²) < 4.78 is 5.02. The average molecular weight is 241 g/mol. The fourth-order valence-electron chi connectivity index (χ4n) is 2.12. The molecule has 0 bridgehead atoms. The van der Waals surface area contributed by atoms with Gasteiger partial charge in [0.15, 0.2) is 0 Å². The molecule has 1 rings (SSSR count). The molecule has 0 saturated carbocycles. The first-order chi connectivity index (χ1) is 8.10.